The average Bonchev–Trinajstić information content (AvgIpc) is 2.65. The van der Waals surface area contributed by atoms with E-state index in [9.17, 15) is 0 Å². The summed E-state index contributed by atoms with van der Waals surface area (Å²) in [5, 5.41) is 8.93. The van der Waals surface area contributed by atoms with Gasteiger partial charge in [0.1, 0.15) is 0 Å². The van der Waals surface area contributed by atoms with Gasteiger partial charge in [-0.1, -0.05) is 0 Å². The molecule has 0 saturated heterocycles. The molecule has 1 rings (SSSR count). The molecule has 0 spiro atoms. The lowest BCUT2D eigenvalue weighted by atomic mass is 10.5. The van der Waals surface area contributed by atoms with Crippen molar-refractivity contribution in [3.05, 3.63) is 18.2 Å². The van der Waals surface area contributed by atoms with Crippen molar-refractivity contribution in [2.24, 2.45) is 0 Å². The maximum atomic E-state index is 8.93. The molecule has 0 fully saturated rings. The number of aliphatic hydroxyl groups is 1. The minimum Gasteiger partial charge on any atom is -0.390 e. The predicted octanol–water partition coefficient (Wildman–Crippen LogP) is 0.0384. The second kappa shape index (κ2) is 6.53. The summed E-state index contributed by atoms with van der Waals surface area (Å²) in [6.07, 6.45) is 3.33. The normalized spacial score (nSPS) is 10.7. The highest BCUT2D eigenvalue weighted by molar-refractivity contribution is 4.95. The molecular weight excluding hydrogens is 184 g/mol. The number of hydrogen-bond donors (Lipinski definition) is 1. The molecule has 80 valence electrons. The Morgan fingerprint density at radius 3 is 3.00 bits per heavy atom. The smallest absolute Gasteiger partial charge is 0.0949 e. The van der Waals surface area contributed by atoms with Crippen LogP contribution in [0.2, 0.25) is 0 Å². The summed E-state index contributed by atoms with van der Waals surface area (Å²) in [5.41, 5.74) is 0.806. The first kappa shape index (κ1) is 11.2. The number of ether oxygens (including phenoxy) is 2. The molecule has 0 aromatic carbocycles. The molecule has 0 unspecified atom stereocenters. The molecule has 1 aromatic rings. The van der Waals surface area contributed by atoms with Gasteiger partial charge in [0.25, 0.3) is 0 Å². The molecule has 1 N–H and O–H groups in total. The van der Waals surface area contributed by atoms with E-state index in [0.29, 0.717) is 26.4 Å². The van der Waals surface area contributed by atoms with Gasteiger partial charge in [-0.05, 0) is 0 Å². The van der Waals surface area contributed by atoms with Gasteiger partial charge in [-0.25, -0.2) is 4.98 Å². The van der Waals surface area contributed by atoms with Gasteiger partial charge < -0.3 is 19.1 Å². The molecule has 0 aliphatic heterocycles. The molecule has 0 aliphatic carbocycles. The number of aromatic nitrogens is 2. The zero-order valence-electron chi connectivity index (χ0n) is 8.35. The summed E-state index contributed by atoms with van der Waals surface area (Å²) in [5.74, 6) is 0. The largest absolute Gasteiger partial charge is 0.390 e. The quantitative estimate of drug-likeness (QED) is 0.631. The molecule has 0 radical (unpaired) electrons. The van der Waals surface area contributed by atoms with Gasteiger partial charge in [0.2, 0.25) is 0 Å². The minimum atomic E-state index is 0.0120. The van der Waals surface area contributed by atoms with Gasteiger partial charge in [0.15, 0.2) is 0 Å². The zero-order valence-corrected chi connectivity index (χ0v) is 8.35. The SMILES string of the molecule is COCCOCCn1cncc1CO. The Balaban J connectivity index is 2.17. The first-order valence-electron chi connectivity index (χ1n) is 4.55. The Bertz CT molecular complexity index is 250. The van der Waals surface area contributed by atoms with Crippen LogP contribution in [0.1, 0.15) is 5.69 Å². The Kier molecular flexibility index (Phi) is 5.21. The highest BCUT2D eigenvalue weighted by Crippen LogP contribution is 1.98. The molecule has 0 saturated carbocycles. The number of hydrogen-bond acceptors (Lipinski definition) is 4. The van der Waals surface area contributed by atoms with E-state index in [1.54, 1.807) is 19.6 Å². The third-order valence-corrected chi connectivity index (χ3v) is 1.87. The second-order valence-electron chi connectivity index (χ2n) is 2.84. The highest BCUT2D eigenvalue weighted by Gasteiger charge is 1.99. The summed E-state index contributed by atoms with van der Waals surface area (Å²) in [4.78, 5) is 3.93. The first-order valence-corrected chi connectivity index (χ1v) is 4.55. The van der Waals surface area contributed by atoms with Crippen LogP contribution >= 0.6 is 0 Å². The molecular formula is C9H16N2O3. The molecule has 0 amide bonds. The number of methoxy groups -OCH3 is 1. The second-order valence-corrected chi connectivity index (χ2v) is 2.84. The van der Waals surface area contributed by atoms with Crippen molar-refractivity contribution < 1.29 is 14.6 Å². The van der Waals surface area contributed by atoms with E-state index in [1.165, 1.54) is 0 Å². The molecule has 5 heteroatoms. The first-order chi connectivity index (χ1) is 6.88. The lowest BCUT2D eigenvalue weighted by Gasteiger charge is -2.06. The van der Waals surface area contributed by atoms with Crippen molar-refractivity contribution in [3.8, 4) is 0 Å². The standard InChI is InChI=1S/C9H16N2O3/c1-13-4-5-14-3-2-11-8-10-6-9(11)7-12/h6,8,12H,2-5,7H2,1H3. The van der Waals surface area contributed by atoms with Crippen LogP contribution < -0.4 is 0 Å². The van der Waals surface area contributed by atoms with Crippen molar-refractivity contribution in [1.82, 2.24) is 9.55 Å². The maximum Gasteiger partial charge on any atom is 0.0949 e. The number of rotatable bonds is 7. The molecule has 14 heavy (non-hydrogen) atoms. The number of imidazole rings is 1. The fraction of sp³-hybridized carbons (Fsp3) is 0.667. The maximum absolute atomic E-state index is 8.93. The van der Waals surface area contributed by atoms with Gasteiger partial charge in [-0.3, -0.25) is 0 Å². The van der Waals surface area contributed by atoms with Gasteiger partial charge >= 0.3 is 0 Å². The topological polar surface area (TPSA) is 56.5 Å². The van der Waals surface area contributed by atoms with Gasteiger partial charge in [0.05, 0.1) is 44.6 Å². The highest BCUT2D eigenvalue weighted by atomic mass is 16.5. The van der Waals surface area contributed by atoms with Gasteiger partial charge in [0, 0.05) is 13.7 Å². The zero-order chi connectivity index (χ0) is 10.2. The number of aliphatic hydroxyl groups excluding tert-OH is 1. The van der Waals surface area contributed by atoms with E-state index in [0.717, 1.165) is 5.69 Å². The van der Waals surface area contributed by atoms with Crippen molar-refractivity contribution >= 4 is 0 Å². The third-order valence-electron chi connectivity index (χ3n) is 1.87. The molecule has 0 aliphatic rings. The van der Waals surface area contributed by atoms with Crippen LogP contribution in [0.5, 0.6) is 0 Å². The van der Waals surface area contributed by atoms with Crippen LogP contribution in [0.4, 0.5) is 0 Å². The van der Waals surface area contributed by atoms with Crippen molar-refractivity contribution in [3.63, 3.8) is 0 Å². The third kappa shape index (κ3) is 3.45. The van der Waals surface area contributed by atoms with E-state index < -0.39 is 0 Å². The van der Waals surface area contributed by atoms with E-state index in [1.807, 2.05) is 4.57 Å². The predicted molar refractivity (Wildman–Crippen MR) is 50.8 cm³/mol. The van der Waals surface area contributed by atoms with Crippen molar-refractivity contribution in [1.29, 1.82) is 0 Å². The molecule has 1 heterocycles. The Hall–Kier alpha value is -0.910. The van der Waals surface area contributed by atoms with Gasteiger partial charge in [-0.15, -0.1) is 0 Å². The molecule has 5 nitrogen and oxygen atoms in total. The summed E-state index contributed by atoms with van der Waals surface area (Å²) in [6.45, 7) is 2.53. The van der Waals surface area contributed by atoms with Crippen LogP contribution in [-0.4, -0.2) is 41.6 Å². The summed E-state index contributed by atoms with van der Waals surface area (Å²) >= 11 is 0. The van der Waals surface area contributed by atoms with Crippen LogP contribution in [0, 0.1) is 0 Å². The van der Waals surface area contributed by atoms with Crippen LogP contribution in [0.3, 0.4) is 0 Å². The van der Waals surface area contributed by atoms with Crippen LogP contribution in [0.25, 0.3) is 0 Å². The summed E-state index contributed by atoms with van der Waals surface area (Å²) < 4.78 is 12.0. The Labute approximate surface area is 83.3 Å². The van der Waals surface area contributed by atoms with Crippen LogP contribution in [-0.2, 0) is 22.6 Å². The van der Waals surface area contributed by atoms with E-state index in [-0.39, 0.29) is 6.61 Å². The Morgan fingerprint density at radius 1 is 1.43 bits per heavy atom. The summed E-state index contributed by atoms with van der Waals surface area (Å²) in [7, 11) is 1.64. The van der Waals surface area contributed by atoms with E-state index in [2.05, 4.69) is 4.98 Å². The van der Waals surface area contributed by atoms with Crippen molar-refractivity contribution in [2.75, 3.05) is 26.9 Å². The van der Waals surface area contributed by atoms with E-state index >= 15 is 0 Å². The lowest BCUT2D eigenvalue weighted by Crippen LogP contribution is -2.10. The summed E-state index contributed by atoms with van der Waals surface area (Å²) in [6, 6.07) is 0. The molecule has 0 bridgehead atoms. The van der Waals surface area contributed by atoms with E-state index in [4.69, 9.17) is 14.6 Å². The lowest BCUT2D eigenvalue weighted by molar-refractivity contribution is 0.0660. The minimum absolute atomic E-state index is 0.0120. The monoisotopic (exact) mass is 200 g/mol. The Morgan fingerprint density at radius 2 is 2.29 bits per heavy atom. The fourth-order valence-electron chi connectivity index (χ4n) is 1.09. The number of nitrogens with zero attached hydrogens (tertiary/aromatic N) is 2. The molecule has 1 aromatic heterocycles. The van der Waals surface area contributed by atoms with Crippen LogP contribution in [0.15, 0.2) is 12.5 Å². The van der Waals surface area contributed by atoms with Crippen molar-refractivity contribution in [2.45, 2.75) is 13.2 Å². The fourth-order valence-corrected chi connectivity index (χ4v) is 1.09. The average molecular weight is 200 g/mol. The molecule has 0 atom stereocenters. The van der Waals surface area contributed by atoms with Gasteiger partial charge in [-0.2, -0.15) is 0 Å².